The molecule has 0 heterocycles. The summed E-state index contributed by atoms with van der Waals surface area (Å²) in [7, 11) is 1.86. The van der Waals surface area contributed by atoms with Crippen LogP contribution in [0.25, 0.3) is 0 Å². The first-order chi connectivity index (χ1) is 8.84. The van der Waals surface area contributed by atoms with Crippen molar-refractivity contribution in [3.05, 3.63) is 35.4 Å². The predicted octanol–water partition coefficient (Wildman–Crippen LogP) is 3.33. The van der Waals surface area contributed by atoms with Crippen molar-refractivity contribution in [2.45, 2.75) is 39.3 Å². The number of halogens is 2. The van der Waals surface area contributed by atoms with Crippen LogP contribution in [-0.2, 0) is 0 Å². The summed E-state index contributed by atoms with van der Waals surface area (Å²) in [4.78, 5) is 1.93. The maximum absolute atomic E-state index is 13.7. The lowest BCUT2D eigenvalue weighted by Crippen LogP contribution is -2.33. The first-order valence-electron chi connectivity index (χ1n) is 6.74. The molecule has 4 heteroatoms. The summed E-state index contributed by atoms with van der Waals surface area (Å²) in [6.07, 6.45) is 0.814. The van der Waals surface area contributed by atoms with Gasteiger partial charge in [-0.1, -0.05) is 19.9 Å². The van der Waals surface area contributed by atoms with Gasteiger partial charge in [-0.25, -0.2) is 8.78 Å². The van der Waals surface area contributed by atoms with E-state index >= 15 is 0 Å². The van der Waals surface area contributed by atoms with Crippen LogP contribution in [0.15, 0.2) is 18.2 Å². The van der Waals surface area contributed by atoms with Crippen molar-refractivity contribution in [2.24, 2.45) is 11.7 Å². The summed E-state index contributed by atoms with van der Waals surface area (Å²) in [5.41, 5.74) is 6.12. The Morgan fingerprint density at radius 2 is 1.68 bits per heavy atom. The molecule has 2 nitrogen and oxygen atoms in total. The zero-order valence-electron chi connectivity index (χ0n) is 12.2. The topological polar surface area (TPSA) is 29.3 Å². The number of nitrogens with two attached hydrogens (primary N) is 1. The van der Waals surface area contributed by atoms with E-state index in [-0.39, 0.29) is 17.6 Å². The van der Waals surface area contributed by atoms with E-state index in [1.807, 2.05) is 18.9 Å². The minimum Gasteiger partial charge on any atom is -0.327 e. The largest absolute Gasteiger partial charge is 0.327 e. The lowest BCUT2D eigenvalue weighted by atomic mass is 10.0. The molecule has 0 aliphatic rings. The first-order valence-corrected chi connectivity index (χ1v) is 6.74. The summed E-state index contributed by atoms with van der Waals surface area (Å²) in [5, 5.41) is 0. The highest BCUT2D eigenvalue weighted by molar-refractivity contribution is 5.22. The van der Waals surface area contributed by atoms with E-state index in [0.29, 0.717) is 12.5 Å². The monoisotopic (exact) mass is 270 g/mol. The van der Waals surface area contributed by atoms with E-state index in [1.165, 1.54) is 18.2 Å². The van der Waals surface area contributed by atoms with Gasteiger partial charge < -0.3 is 5.73 Å². The molecule has 0 amide bonds. The van der Waals surface area contributed by atoms with Gasteiger partial charge in [-0.3, -0.25) is 4.90 Å². The Morgan fingerprint density at radius 3 is 2.16 bits per heavy atom. The SMILES string of the molecule is CC(C)C(N)CCN(C)C(C)c1c(F)cccc1F. The van der Waals surface area contributed by atoms with Crippen LogP contribution in [0.5, 0.6) is 0 Å². The van der Waals surface area contributed by atoms with Gasteiger partial charge in [0.15, 0.2) is 0 Å². The van der Waals surface area contributed by atoms with Crippen LogP contribution in [0.2, 0.25) is 0 Å². The molecule has 1 rings (SSSR count). The second-order valence-corrected chi connectivity index (χ2v) is 5.49. The van der Waals surface area contributed by atoms with Crippen molar-refractivity contribution >= 4 is 0 Å². The maximum Gasteiger partial charge on any atom is 0.130 e. The van der Waals surface area contributed by atoms with E-state index in [9.17, 15) is 8.78 Å². The van der Waals surface area contributed by atoms with Crippen LogP contribution in [0, 0.1) is 17.6 Å². The number of benzene rings is 1. The molecular formula is C15H24F2N2. The van der Waals surface area contributed by atoms with Gasteiger partial charge in [-0.15, -0.1) is 0 Å². The van der Waals surface area contributed by atoms with Crippen LogP contribution >= 0.6 is 0 Å². The van der Waals surface area contributed by atoms with Gasteiger partial charge in [-0.05, 0) is 45.0 Å². The molecule has 108 valence electrons. The van der Waals surface area contributed by atoms with Crippen LogP contribution in [0.1, 0.15) is 38.8 Å². The van der Waals surface area contributed by atoms with Gasteiger partial charge in [0.2, 0.25) is 0 Å². The molecule has 0 saturated heterocycles. The van der Waals surface area contributed by atoms with Crippen molar-refractivity contribution in [3.63, 3.8) is 0 Å². The Labute approximate surface area is 114 Å². The number of rotatable bonds is 6. The molecule has 2 N–H and O–H groups in total. The Balaban J connectivity index is 2.69. The third kappa shape index (κ3) is 4.25. The van der Waals surface area contributed by atoms with Crippen molar-refractivity contribution in [1.29, 1.82) is 0 Å². The maximum atomic E-state index is 13.7. The third-order valence-corrected chi connectivity index (χ3v) is 3.75. The molecule has 0 spiro atoms. The molecule has 2 unspecified atom stereocenters. The lowest BCUT2D eigenvalue weighted by Gasteiger charge is -2.27. The van der Waals surface area contributed by atoms with Gasteiger partial charge in [0.1, 0.15) is 11.6 Å². The first kappa shape index (κ1) is 16.1. The van der Waals surface area contributed by atoms with Crippen molar-refractivity contribution in [1.82, 2.24) is 4.90 Å². The lowest BCUT2D eigenvalue weighted by molar-refractivity contribution is 0.234. The minimum absolute atomic E-state index is 0.111. The van der Waals surface area contributed by atoms with Gasteiger partial charge in [0.25, 0.3) is 0 Å². The quantitative estimate of drug-likeness (QED) is 0.859. The second-order valence-electron chi connectivity index (χ2n) is 5.49. The van der Waals surface area contributed by atoms with Gasteiger partial charge >= 0.3 is 0 Å². The Morgan fingerprint density at radius 1 is 1.16 bits per heavy atom. The predicted molar refractivity (Wildman–Crippen MR) is 74.8 cm³/mol. The van der Waals surface area contributed by atoms with E-state index in [4.69, 9.17) is 5.73 Å². The molecule has 1 aromatic carbocycles. The average molecular weight is 270 g/mol. The number of hydrogen-bond donors (Lipinski definition) is 1. The number of hydrogen-bond acceptors (Lipinski definition) is 2. The Kier molecular flexibility index (Phi) is 5.88. The average Bonchev–Trinajstić information content (AvgIpc) is 2.34. The normalized spacial score (nSPS) is 15.0. The fourth-order valence-electron chi connectivity index (χ4n) is 2.01. The number of nitrogens with zero attached hydrogens (tertiary/aromatic N) is 1. The molecule has 0 saturated carbocycles. The van der Waals surface area contributed by atoms with Crippen LogP contribution in [0.4, 0.5) is 8.78 Å². The molecule has 0 bridgehead atoms. The molecule has 0 fully saturated rings. The van der Waals surface area contributed by atoms with Gasteiger partial charge in [0, 0.05) is 17.6 Å². The molecule has 19 heavy (non-hydrogen) atoms. The molecule has 0 aliphatic heterocycles. The molecule has 0 aromatic heterocycles. The summed E-state index contributed by atoms with van der Waals surface area (Å²) >= 11 is 0. The molecule has 0 radical (unpaired) electrons. The summed E-state index contributed by atoms with van der Waals surface area (Å²) in [6, 6.07) is 3.78. The molecular weight excluding hydrogens is 246 g/mol. The highest BCUT2D eigenvalue weighted by Gasteiger charge is 2.20. The molecule has 0 aliphatic carbocycles. The molecule has 2 atom stereocenters. The van der Waals surface area contributed by atoms with E-state index in [0.717, 1.165) is 6.42 Å². The standard InChI is InChI=1S/C15H24F2N2/c1-10(2)14(18)8-9-19(4)11(3)15-12(16)6-5-7-13(15)17/h5-7,10-11,14H,8-9,18H2,1-4H3. The van der Waals surface area contributed by atoms with Crippen LogP contribution in [0.3, 0.4) is 0 Å². The Bertz CT molecular complexity index is 387. The fraction of sp³-hybridized carbons (Fsp3) is 0.600. The Hall–Kier alpha value is -1.00. The van der Waals surface area contributed by atoms with Crippen molar-refractivity contribution in [2.75, 3.05) is 13.6 Å². The zero-order chi connectivity index (χ0) is 14.6. The summed E-state index contributed by atoms with van der Waals surface area (Å²) in [6.45, 7) is 6.67. The van der Waals surface area contributed by atoms with Crippen molar-refractivity contribution in [3.8, 4) is 0 Å². The van der Waals surface area contributed by atoms with Crippen LogP contribution < -0.4 is 5.73 Å². The third-order valence-electron chi connectivity index (χ3n) is 3.75. The van der Waals surface area contributed by atoms with E-state index in [1.54, 1.807) is 0 Å². The fourth-order valence-corrected chi connectivity index (χ4v) is 2.01. The highest BCUT2D eigenvalue weighted by atomic mass is 19.1. The molecule has 1 aromatic rings. The van der Waals surface area contributed by atoms with Crippen LogP contribution in [-0.4, -0.2) is 24.5 Å². The smallest absolute Gasteiger partial charge is 0.130 e. The highest BCUT2D eigenvalue weighted by Crippen LogP contribution is 2.25. The summed E-state index contributed by atoms with van der Waals surface area (Å²) < 4.78 is 27.4. The van der Waals surface area contributed by atoms with Gasteiger partial charge in [-0.2, -0.15) is 0 Å². The van der Waals surface area contributed by atoms with E-state index < -0.39 is 11.6 Å². The minimum atomic E-state index is -0.493. The summed E-state index contributed by atoms with van der Waals surface area (Å²) in [5.74, 6) is -0.575. The van der Waals surface area contributed by atoms with E-state index in [2.05, 4.69) is 13.8 Å². The van der Waals surface area contributed by atoms with Gasteiger partial charge in [0.05, 0.1) is 0 Å². The zero-order valence-corrected chi connectivity index (χ0v) is 12.2. The van der Waals surface area contributed by atoms with Crippen molar-refractivity contribution < 1.29 is 8.78 Å². The second kappa shape index (κ2) is 6.96.